The minimum atomic E-state index is -2.58. The molecule has 1 aromatic carbocycles. The van der Waals surface area contributed by atoms with Crippen LogP contribution in [0.1, 0.15) is 17.5 Å². The molecule has 1 fully saturated rings. The van der Waals surface area contributed by atoms with Gasteiger partial charge in [0.25, 0.3) is 5.92 Å². The van der Waals surface area contributed by atoms with E-state index in [-0.39, 0.29) is 13.0 Å². The Kier molecular flexibility index (Phi) is 2.55. The molecule has 0 N–H and O–H groups in total. The van der Waals surface area contributed by atoms with Crippen LogP contribution in [0.5, 0.6) is 0 Å². The van der Waals surface area contributed by atoms with Gasteiger partial charge in [0.1, 0.15) is 0 Å². The molecule has 0 aromatic heterocycles. The third kappa shape index (κ3) is 1.99. The van der Waals surface area contributed by atoms with Crippen LogP contribution in [0.3, 0.4) is 0 Å². The molecule has 0 aliphatic carbocycles. The fraction of sp³-hybridized carbons (Fsp3) is 0.417. The van der Waals surface area contributed by atoms with Crippen LogP contribution in [0.4, 0.5) is 14.5 Å². The Morgan fingerprint density at radius 2 is 2.19 bits per heavy atom. The monoisotopic (exact) mass is 222 g/mol. The van der Waals surface area contributed by atoms with E-state index in [0.29, 0.717) is 12.1 Å². The molecule has 2 nitrogen and oxygen atoms in total. The van der Waals surface area contributed by atoms with Gasteiger partial charge in [-0.3, -0.25) is 0 Å². The second-order valence-corrected chi connectivity index (χ2v) is 4.14. The zero-order valence-electron chi connectivity index (χ0n) is 9.00. The van der Waals surface area contributed by atoms with Crippen LogP contribution in [0, 0.1) is 18.3 Å². The summed E-state index contributed by atoms with van der Waals surface area (Å²) < 4.78 is 26.1. The molecule has 0 radical (unpaired) electrons. The summed E-state index contributed by atoms with van der Waals surface area (Å²) in [5.74, 6) is -2.58. The van der Waals surface area contributed by atoms with E-state index in [1.54, 1.807) is 23.1 Å². The Morgan fingerprint density at radius 3 is 2.69 bits per heavy atom. The predicted molar refractivity (Wildman–Crippen MR) is 57.7 cm³/mol. The molecule has 0 bridgehead atoms. The predicted octanol–water partition coefficient (Wildman–Crippen LogP) is 2.71. The topological polar surface area (TPSA) is 27.0 Å². The molecule has 0 unspecified atom stereocenters. The summed E-state index contributed by atoms with van der Waals surface area (Å²) in [5.41, 5.74) is 2.24. The van der Waals surface area contributed by atoms with Gasteiger partial charge in [0, 0.05) is 18.7 Å². The molecule has 1 aliphatic rings. The summed E-state index contributed by atoms with van der Waals surface area (Å²) in [6.07, 6.45) is -0.0908. The minimum Gasteiger partial charge on any atom is -0.365 e. The van der Waals surface area contributed by atoms with E-state index in [0.717, 1.165) is 11.3 Å². The van der Waals surface area contributed by atoms with E-state index < -0.39 is 5.92 Å². The first-order chi connectivity index (χ1) is 7.52. The number of alkyl halides is 2. The summed E-state index contributed by atoms with van der Waals surface area (Å²) in [6, 6.07) is 7.17. The first kappa shape index (κ1) is 10.9. The molecule has 0 spiro atoms. The zero-order valence-corrected chi connectivity index (χ0v) is 9.00. The van der Waals surface area contributed by atoms with Crippen LogP contribution in [0.15, 0.2) is 18.2 Å². The average molecular weight is 222 g/mol. The van der Waals surface area contributed by atoms with Gasteiger partial charge in [-0.15, -0.1) is 0 Å². The van der Waals surface area contributed by atoms with E-state index in [2.05, 4.69) is 0 Å². The fourth-order valence-electron chi connectivity index (χ4n) is 2.02. The third-order valence-corrected chi connectivity index (χ3v) is 2.84. The summed E-state index contributed by atoms with van der Waals surface area (Å²) in [7, 11) is 0. The average Bonchev–Trinajstić information content (AvgIpc) is 2.58. The molecule has 16 heavy (non-hydrogen) atoms. The van der Waals surface area contributed by atoms with Crippen molar-refractivity contribution in [2.24, 2.45) is 0 Å². The van der Waals surface area contributed by atoms with E-state index in [1.165, 1.54) is 0 Å². The second-order valence-electron chi connectivity index (χ2n) is 4.14. The number of anilines is 1. The Bertz CT molecular complexity index is 449. The lowest BCUT2D eigenvalue weighted by Gasteiger charge is -2.20. The number of nitrogens with zero attached hydrogens (tertiary/aromatic N) is 2. The highest BCUT2D eigenvalue weighted by molar-refractivity contribution is 5.57. The second kappa shape index (κ2) is 3.75. The maximum atomic E-state index is 13.1. The maximum Gasteiger partial charge on any atom is 0.266 e. The van der Waals surface area contributed by atoms with Crippen molar-refractivity contribution in [1.29, 1.82) is 5.26 Å². The molecule has 2 rings (SSSR count). The SMILES string of the molecule is Cc1cc(C#N)ccc1N1CCC(F)(F)C1. The molecule has 1 heterocycles. The molecule has 4 heteroatoms. The van der Waals surface area contributed by atoms with Crippen molar-refractivity contribution in [3.63, 3.8) is 0 Å². The minimum absolute atomic E-state index is 0.0908. The normalized spacial score (nSPS) is 18.5. The lowest BCUT2D eigenvalue weighted by molar-refractivity contribution is 0.0257. The van der Waals surface area contributed by atoms with Gasteiger partial charge in [-0.25, -0.2) is 8.78 Å². The molecular formula is C12H12F2N2. The lowest BCUT2D eigenvalue weighted by atomic mass is 10.1. The highest BCUT2D eigenvalue weighted by Gasteiger charge is 2.38. The quantitative estimate of drug-likeness (QED) is 0.730. The van der Waals surface area contributed by atoms with Crippen LogP contribution >= 0.6 is 0 Å². The Hall–Kier alpha value is -1.63. The Balaban J connectivity index is 2.26. The maximum absolute atomic E-state index is 13.1. The van der Waals surface area contributed by atoms with Gasteiger partial charge in [0.2, 0.25) is 0 Å². The number of halogens is 2. The van der Waals surface area contributed by atoms with Crippen molar-refractivity contribution in [3.05, 3.63) is 29.3 Å². The van der Waals surface area contributed by atoms with Gasteiger partial charge in [0.05, 0.1) is 18.2 Å². The van der Waals surface area contributed by atoms with Gasteiger partial charge in [0.15, 0.2) is 0 Å². The van der Waals surface area contributed by atoms with Crippen molar-refractivity contribution >= 4 is 5.69 Å². The fourth-order valence-corrected chi connectivity index (χ4v) is 2.02. The number of hydrogen-bond donors (Lipinski definition) is 0. The first-order valence-corrected chi connectivity index (χ1v) is 5.15. The first-order valence-electron chi connectivity index (χ1n) is 5.15. The highest BCUT2D eigenvalue weighted by atomic mass is 19.3. The van der Waals surface area contributed by atoms with Gasteiger partial charge < -0.3 is 4.90 Å². The van der Waals surface area contributed by atoms with E-state index in [1.807, 2.05) is 13.0 Å². The van der Waals surface area contributed by atoms with Gasteiger partial charge in [-0.2, -0.15) is 5.26 Å². The molecule has 1 aliphatic heterocycles. The van der Waals surface area contributed by atoms with Crippen molar-refractivity contribution in [3.8, 4) is 6.07 Å². The number of hydrogen-bond acceptors (Lipinski definition) is 2. The smallest absolute Gasteiger partial charge is 0.266 e. The molecule has 0 amide bonds. The van der Waals surface area contributed by atoms with Gasteiger partial charge in [-0.05, 0) is 30.7 Å². The summed E-state index contributed by atoms with van der Waals surface area (Å²) in [4.78, 5) is 1.68. The number of nitriles is 1. The molecule has 0 saturated carbocycles. The van der Waals surface area contributed by atoms with Crippen molar-refractivity contribution in [2.75, 3.05) is 18.0 Å². The van der Waals surface area contributed by atoms with E-state index in [4.69, 9.17) is 5.26 Å². The van der Waals surface area contributed by atoms with Crippen LogP contribution in [0.2, 0.25) is 0 Å². The van der Waals surface area contributed by atoms with Crippen molar-refractivity contribution < 1.29 is 8.78 Å². The Labute approximate surface area is 93.1 Å². The van der Waals surface area contributed by atoms with Crippen LogP contribution in [-0.4, -0.2) is 19.0 Å². The largest absolute Gasteiger partial charge is 0.365 e. The number of aryl methyl sites for hydroxylation is 1. The van der Waals surface area contributed by atoms with Crippen LogP contribution < -0.4 is 4.90 Å². The standard InChI is InChI=1S/C12H12F2N2/c1-9-6-10(7-15)2-3-11(9)16-5-4-12(13,14)8-16/h2-3,6H,4-5,8H2,1H3. The lowest BCUT2D eigenvalue weighted by Crippen LogP contribution is -2.25. The highest BCUT2D eigenvalue weighted by Crippen LogP contribution is 2.32. The summed E-state index contributed by atoms with van der Waals surface area (Å²) in [6.45, 7) is 1.99. The van der Waals surface area contributed by atoms with Crippen molar-refractivity contribution in [2.45, 2.75) is 19.3 Å². The zero-order chi connectivity index (χ0) is 11.8. The number of benzene rings is 1. The van der Waals surface area contributed by atoms with E-state index >= 15 is 0 Å². The van der Waals surface area contributed by atoms with Gasteiger partial charge in [-0.1, -0.05) is 0 Å². The molecule has 0 atom stereocenters. The molecule has 84 valence electrons. The Morgan fingerprint density at radius 1 is 1.44 bits per heavy atom. The van der Waals surface area contributed by atoms with Crippen molar-refractivity contribution in [1.82, 2.24) is 0 Å². The summed E-state index contributed by atoms with van der Waals surface area (Å²) >= 11 is 0. The summed E-state index contributed by atoms with van der Waals surface area (Å²) in [5, 5.41) is 8.72. The number of rotatable bonds is 1. The third-order valence-electron chi connectivity index (χ3n) is 2.84. The molecule has 1 aromatic rings. The van der Waals surface area contributed by atoms with Crippen LogP contribution in [0.25, 0.3) is 0 Å². The van der Waals surface area contributed by atoms with Gasteiger partial charge >= 0.3 is 0 Å². The van der Waals surface area contributed by atoms with Crippen LogP contribution in [-0.2, 0) is 0 Å². The molecular weight excluding hydrogens is 210 g/mol. The van der Waals surface area contributed by atoms with E-state index in [9.17, 15) is 8.78 Å². The molecule has 1 saturated heterocycles.